The number of hydrogen-bond donors (Lipinski definition) is 1. The first kappa shape index (κ1) is 13.3. The minimum absolute atomic E-state index is 0.449. The predicted molar refractivity (Wildman–Crippen MR) is 74.6 cm³/mol. The Kier molecular flexibility index (Phi) is 3.56. The van der Waals surface area contributed by atoms with Crippen molar-refractivity contribution >= 4 is 0 Å². The molecule has 1 aromatic carbocycles. The maximum Gasteiger partial charge on any atom is 0.123 e. The second-order valence-electron chi connectivity index (χ2n) is 5.90. The van der Waals surface area contributed by atoms with Gasteiger partial charge < -0.3 is 9.84 Å². The van der Waals surface area contributed by atoms with Gasteiger partial charge in [-0.15, -0.1) is 0 Å². The summed E-state index contributed by atoms with van der Waals surface area (Å²) in [6.07, 6.45) is 2.33. The maximum absolute atomic E-state index is 10.4. The lowest BCUT2D eigenvalue weighted by Crippen LogP contribution is -2.18. The van der Waals surface area contributed by atoms with E-state index in [0.717, 1.165) is 23.3 Å². The van der Waals surface area contributed by atoms with Crippen LogP contribution in [0, 0.1) is 12.8 Å². The summed E-state index contributed by atoms with van der Waals surface area (Å²) in [5.41, 5.74) is 3.29. The molecule has 0 unspecified atom stereocenters. The molecule has 0 amide bonds. The van der Waals surface area contributed by atoms with E-state index in [1.54, 1.807) is 7.11 Å². The van der Waals surface area contributed by atoms with Gasteiger partial charge in [-0.05, 0) is 49.1 Å². The van der Waals surface area contributed by atoms with Crippen LogP contribution in [0.25, 0.3) is 0 Å². The zero-order chi connectivity index (χ0) is 13.4. The Bertz CT molecular complexity index is 449. The van der Waals surface area contributed by atoms with Crippen molar-refractivity contribution in [2.75, 3.05) is 7.11 Å². The van der Waals surface area contributed by atoms with Crippen LogP contribution in [0.2, 0.25) is 0 Å². The molecule has 1 aromatic rings. The number of aromatic hydroxyl groups is 1. The molecule has 0 fully saturated rings. The second kappa shape index (κ2) is 4.83. The third-order valence-electron chi connectivity index (χ3n) is 4.33. The standard InChI is InChI=1S/C16H24O2/c1-9(2)12-7-6-10(3)14-13(18-5)8-11(4)16(17)15(12)14/h8-10,12,17H,6-7H2,1-5H3/t10-,12-/m1/s1. The van der Waals surface area contributed by atoms with Crippen molar-refractivity contribution in [1.29, 1.82) is 0 Å². The van der Waals surface area contributed by atoms with Crippen LogP contribution in [-0.4, -0.2) is 12.2 Å². The van der Waals surface area contributed by atoms with Crippen molar-refractivity contribution in [3.05, 3.63) is 22.8 Å². The van der Waals surface area contributed by atoms with E-state index in [1.807, 2.05) is 13.0 Å². The average Bonchev–Trinajstić information content (AvgIpc) is 2.33. The number of fused-ring (bicyclic) bond motifs is 1. The lowest BCUT2D eigenvalue weighted by Gasteiger charge is -2.34. The molecule has 0 spiro atoms. The lowest BCUT2D eigenvalue weighted by atomic mass is 9.72. The normalized spacial score (nSPS) is 23.0. The van der Waals surface area contributed by atoms with E-state index >= 15 is 0 Å². The molecule has 1 aliphatic carbocycles. The summed E-state index contributed by atoms with van der Waals surface area (Å²) in [7, 11) is 1.72. The third kappa shape index (κ3) is 1.98. The predicted octanol–water partition coefficient (Wildman–Crippen LogP) is 4.35. The molecule has 1 N–H and O–H groups in total. The van der Waals surface area contributed by atoms with Crippen LogP contribution in [0.5, 0.6) is 11.5 Å². The maximum atomic E-state index is 10.4. The van der Waals surface area contributed by atoms with Gasteiger partial charge in [0.1, 0.15) is 11.5 Å². The minimum atomic E-state index is 0.449. The molecule has 0 saturated carbocycles. The fourth-order valence-corrected chi connectivity index (χ4v) is 3.25. The quantitative estimate of drug-likeness (QED) is 0.843. The molecule has 2 atom stereocenters. The first-order valence-corrected chi connectivity index (χ1v) is 6.87. The Morgan fingerprint density at radius 3 is 2.50 bits per heavy atom. The zero-order valence-corrected chi connectivity index (χ0v) is 12.1. The molecule has 0 aromatic heterocycles. The monoisotopic (exact) mass is 248 g/mol. The van der Waals surface area contributed by atoms with Crippen LogP contribution in [0.1, 0.15) is 62.1 Å². The van der Waals surface area contributed by atoms with Gasteiger partial charge in [0.25, 0.3) is 0 Å². The first-order chi connectivity index (χ1) is 8.47. The van der Waals surface area contributed by atoms with Gasteiger partial charge in [0.05, 0.1) is 7.11 Å². The Labute approximate surface area is 110 Å². The minimum Gasteiger partial charge on any atom is -0.507 e. The molecule has 2 heteroatoms. The summed E-state index contributed by atoms with van der Waals surface area (Å²) in [6, 6.07) is 1.97. The number of ether oxygens (including phenoxy) is 1. The Morgan fingerprint density at radius 2 is 1.94 bits per heavy atom. The average molecular weight is 248 g/mol. The molecule has 1 aliphatic rings. The fourth-order valence-electron chi connectivity index (χ4n) is 3.25. The molecule has 0 bridgehead atoms. The van der Waals surface area contributed by atoms with Gasteiger partial charge in [0.2, 0.25) is 0 Å². The summed E-state index contributed by atoms with van der Waals surface area (Å²) in [5.74, 6) is 2.89. The number of aryl methyl sites for hydroxylation is 1. The van der Waals surface area contributed by atoms with Crippen molar-refractivity contribution in [2.24, 2.45) is 5.92 Å². The summed E-state index contributed by atoms with van der Waals surface area (Å²) in [6.45, 7) is 8.65. The Balaban J connectivity index is 2.69. The van der Waals surface area contributed by atoms with Crippen LogP contribution in [-0.2, 0) is 0 Å². The van der Waals surface area contributed by atoms with Gasteiger partial charge >= 0.3 is 0 Å². The summed E-state index contributed by atoms with van der Waals surface area (Å²) >= 11 is 0. The molecule has 2 nitrogen and oxygen atoms in total. The van der Waals surface area contributed by atoms with Gasteiger partial charge in [-0.2, -0.15) is 0 Å². The largest absolute Gasteiger partial charge is 0.507 e. The van der Waals surface area contributed by atoms with Crippen LogP contribution in [0.3, 0.4) is 0 Å². The molecule has 0 radical (unpaired) electrons. The van der Waals surface area contributed by atoms with Gasteiger partial charge in [-0.25, -0.2) is 0 Å². The molecule has 100 valence electrons. The van der Waals surface area contributed by atoms with Crippen molar-refractivity contribution < 1.29 is 9.84 Å². The van der Waals surface area contributed by atoms with E-state index in [-0.39, 0.29) is 0 Å². The van der Waals surface area contributed by atoms with Crippen molar-refractivity contribution in [3.63, 3.8) is 0 Å². The number of benzene rings is 1. The highest BCUT2D eigenvalue weighted by Crippen LogP contribution is 2.50. The van der Waals surface area contributed by atoms with Crippen molar-refractivity contribution in [3.8, 4) is 11.5 Å². The molecule has 0 aliphatic heterocycles. The van der Waals surface area contributed by atoms with Gasteiger partial charge in [-0.3, -0.25) is 0 Å². The SMILES string of the molecule is COc1cc(C)c(O)c2c1[C@H](C)CC[C@@H]2C(C)C. The topological polar surface area (TPSA) is 29.5 Å². The molecular weight excluding hydrogens is 224 g/mol. The van der Waals surface area contributed by atoms with Crippen LogP contribution in [0.4, 0.5) is 0 Å². The van der Waals surface area contributed by atoms with E-state index in [0.29, 0.717) is 23.5 Å². The molecule has 0 heterocycles. The van der Waals surface area contributed by atoms with Gasteiger partial charge in [0.15, 0.2) is 0 Å². The van der Waals surface area contributed by atoms with E-state index in [2.05, 4.69) is 20.8 Å². The molecule has 0 saturated heterocycles. The molecular formula is C16H24O2. The van der Waals surface area contributed by atoms with Crippen LogP contribution >= 0.6 is 0 Å². The Morgan fingerprint density at radius 1 is 1.28 bits per heavy atom. The van der Waals surface area contributed by atoms with Gasteiger partial charge in [0, 0.05) is 11.1 Å². The highest BCUT2D eigenvalue weighted by molar-refractivity contribution is 5.56. The number of phenolic OH excluding ortho intramolecular Hbond substituents is 1. The fraction of sp³-hybridized carbons (Fsp3) is 0.625. The highest BCUT2D eigenvalue weighted by Gasteiger charge is 2.32. The number of methoxy groups -OCH3 is 1. The van der Waals surface area contributed by atoms with Crippen molar-refractivity contribution in [1.82, 2.24) is 0 Å². The lowest BCUT2D eigenvalue weighted by molar-refractivity contribution is 0.358. The van der Waals surface area contributed by atoms with E-state index in [1.165, 1.54) is 12.0 Å². The van der Waals surface area contributed by atoms with E-state index in [9.17, 15) is 5.11 Å². The first-order valence-electron chi connectivity index (χ1n) is 6.87. The smallest absolute Gasteiger partial charge is 0.123 e. The van der Waals surface area contributed by atoms with E-state index < -0.39 is 0 Å². The number of phenols is 1. The summed E-state index contributed by atoms with van der Waals surface area (Å²) < 4.78 is 5.54. The highest BCUT2D eigenvalue weighted by atomic mass is 16.5. The molecule has 18 heavy (non-hydrogen) atoms. The number of hydrogen-bond acceptors (Lipinski definition) is 2. The number of rotatable bonds is 2. The van der Waals surface area contributed by atoms with Crippen molar-refractivity contribution in [2.45, 2.75) is 52.4 Å². The molecule has 2 rings (SSSR count). The second-order valence-corrected chi connectivity index (χ2v) is 5.90. The van der Waals surface area contributed by atoms with Crippen LogP contribution < -0.4 is 4.74 Å². The summed E-state index contributed by atoms with van der Waals surface area (Å²) in [5, 5.41) is 10.4. The van der Waals surface area contributed by atoms with E-state index in [4.69, 9.17) is 4.74 Å². The summed E-state index contributed by atoms with van der Waals surface area (Å²) in [4.78, 5) is 0. The Hall–Kier alpha value is -1.18. The van der Waals surface area contributed by atoms with Gasteiger partial charge in [-0.1, -0.05) is 20.8 Å². The zero-order valence-electron chi connectivity index (χ0n) is 12.1. The third-order valence-corrected chi connectivity index (χ3v) is 4.33. The van der Waals surface area contributed by atoms with Crippen LogP contribution in [0.15, 0.2) is 6.07 Å².